The predicted octanol–water partition coefficient (Wildman–Crippen LogP) is 1.43. The number of aromatic nitrogens is 2. The molecule has 2 unspecified atom stereocenters. The second-order valence-electron chi connectivity index (χ2n) is 6.55. The molecule has 0 aliphatic carbocycles. The van der Waals surface area contributed by atoms with Gasteiger partial charge < -0.3 is 15.2 Å². The number of hydrogen-bond donors (Lipinski definition) is 1. The van der Waals surface area contributed by atoms with E-state index in [0.717, 1.165) is 31.7 Å². The largest absolute Gasteiger partial charge is 0.333 e. The van der Waals surface area contributed by atoms with Crippen LogP contribution in [0, 0.1) is 5.92 Å². The zero-order valence-electron chi connectivity index (χ0n) is 12.2. The molecular weight excluding hydrogens is 236 g/mol. The van der Waals surface area contributed by atoms with Crippen LogP contribution in [0.5, 0.6) is 0 Å². The molecule has 0 amide bonds. The van der Waals surface area contributed by atoms with E-state index in [1.165, 1.54) is 31.0 Å². The molecule has 1 saturated heterocycles. The van der Waals surface area contributed by atoms with Crippen LogP contribution in [0.4, 0.5) is 0 Å². The van der Waals surface area contributed by atoms with Crippen molar-refractivity contribution < 1.29 is 0 Å². The summed E-state index contributed by atoms with van der Waals surface area (Å²) in [5.41, 5.74) is 7.30. The van der Waals surface area contributed by atoms with E-state index in [9.17, 15) is 0 Å². The molecule has 4 heteroatoms. The van der Waals surface area contributed by atoms with Gasteiger partial charge in [0.2, 0.25) is 0 Å². The first-order valence-electron chi connectivity index (χ1n) is 7.66. The van der Waals surface area contributed by atoms with Crippen LogP contribution in [0.25, 0.3) is 0 Å². The number of nitrogens with two attached hydrogens (primary N) is 1. The summed E-state index contributed by atoms with van der Waals surface area (Å²) in [6.07, 6.45) is 6.83. The number of nitrogens with zero attached hydrogens (tertiary/aromatic N) is 3. The molecule has 106 valence electrons. The monoisotopic (exact) mass is 262 g/mol. The maximum atomic E-state index is 6.02. The van der Waals surface area contributed by atoms with Crippen molar-refractivity contribution in [2.24, 2.45) is 11.7 Å². The molecular formula is C15H26N4. The fraction of sp³-hybridized carbons (Fsp3) is 0.800. The van der Waals surface area contributed by atoms with Crippen molar-refractivity contribution in [3.05, 3.63) is 17.7 Å². The SMILES string of the molecule is CC(C)N1CCC(Cc2cn3c(n2)CCC(N)C3)C1. The average molecular weight is 262 g/mol. The Morgan fingerprint density at radius 2 is 2.21 bits per heavy atom. The Labute approximate surface area is 116 Å². The summed E-state index contributed by atoms with van der Waals surface area (Å²) in [5.74, 6) is 2.03. The van der Waals surface area contributed by atoms with Crippen molar-refractivity contribution in [3.63, 3.8) is 0 Å². The predicted molar refractivity (Wildman–Crippen MR) is 77.0 cm³/mol. The fourth-order valence-electron chi connectivity index (χ4n) is 3.42. The van der Waals surface area contributed by atoms with Crippen LogP contribution in [-0.2, 0) is 19.4 Å². The van der Waals surface area contributed by atoms with Crippen LogP contribution in [0.2, 0.25) is 0 Å². The molecule has 0 aromatic carbocycles. The normalized spacial score (nSPS) is 28.0. The van der Waals surface area contributed by atoms with Gasteiger partial charge in [0.05, 0.1) is 5.69 Å². The Bertz CT molecular complexity index is 437. The minimum atomic E-state index is 0.317. The number of hydrogen-bond acceptors (Lipinski definition) is 3. The van der Waals surface area contributed by atoms with E-state index in [1.807, 2.05) is 0 Å². The molecule has 2 aliphatic heterocycles. The zero-order valence-corrected chi connectivity index (χ0v) is 12.2. The molecule has 0 bridgehead atoms. The van der Waals surface area contributed by atoms with Gasteiger partial charge in [0, 0.05) is 37.8 Å². The van der Waals surface area contributed by atoms with E-state index >= 15 is 0 Å². The van der Waals surface area contributed by atoms with Crippen LogP contribution in [0.15, 0.2) is 6.20 Å². The van der Waals surface area contributed by atoms with Crippen LogP contribution in [-0.4, -0.2) is 39.6 Å². The Morgan fingerprint density at radius 3 is 2.95 bits per heavy atom. The fourth-order valence-corrected chi connectivity index (χ4v) is 3.42. The molecule has 2 aliphatic rings. The van der Waals surface area contributed by atoms with Crippen molar-refractivity contribution in [1.29, 1.82) is 0 Å². The van der Waals surface area contributed by atoms with Crippen LogP contribution in [0.3, 0.4) is 0 Å². The highest BCUT2D eigenvalue weighted by molar-refractivity contribution is 5.08. The zero-order chi connectivity index (χ0) is 13.4. The van der Waals surface area contributed by atoms with Crippen LogP contribution >= 0.6 is 0 Å². The third-order valence-corrected chi connectivity index (χ3v) is 4.62. The summed E-state index contributed by atoms with van der Waals surface area (Å²) in [4.78, 5) is 7.39. The van der Waals surface area contributed by atoms with E-state index in [1.54, 1.807) is 0 Å². The topological polar surface area (TPSA) is 47.1 Å². The van der Waals surface area contributed by atoms with E-state index in [-0.39, 0.29) is 0 Å². The minimum Gasteiger partial charge on any atom is -0.333 e. The van der Waals surface area contributed by atoms with Gasteiger partial charge in [-0.15, -0.1) is 0 Å². The Morgan fingerprint density at radius 1 is 1.37 bits per heavy atom. The number of fused-ring (bicyclic) bond motifs is 1. The van der Waals surface area contributed by atoms with Gasteiger partial charge in [-0.25, -0.2) is 4.98 Å². The lowest BCUT2D eigenvalue weighted by Gasteiger charge is -2.19. The van der Waals surface area contributed by atoms with E-state index < -0.39 is 0 Å². The van der Waals surface area contributed by atoms with Crippen molar-refractivity contribution >= 4 is 0 Å². The van der Waals surface area contributed by atoms with Crippen LogP contribution in [0.1, 0.15) is 38.2 Å². The summed E-state index contributed by atoms with van der Waals surface area (Å²) < 4.78 is 2.28. The third kappa shape index (κ3) is 2.84. The maximum absolute atomic E-state index is 6.02. The average Bonchev–Trinajstić information content (AvgIpc) is 2.95. The lowest BCUT2D eigenvalue weighted by Crippen LogP contribution is -2.31. The molecule has 1 aromatic heterocycles. The summed E-state index contributed by atoms with van der Waals surface area (Å²) in [5, 5.41) is 0. The van der Waals surface area contributed by atoms with Crippen molar-refractivity contribution in [2.75, 3.05) is 13.1 Å². The molecule has 19 heavy (non-hydrogen) atoms. The van der Waals surface area contributed by atoms with Gasteiger partial charge in [-0.2, -0.15) is 0 Å². The molecule has 3 rings (SSSR count). The molecule has 0 saturated carbocycles. The Balaban J connectivity index is 1.62. The quantitative estimate of drug-likeness (QED) is 0.896. The van der Waals surface area contributed by atoms with Gasteiger partial charge in [0.25, 0.3) is 0 Å². The minimum absolute atomic E-state index is 0.317. The molecule has 3 heterocycles. The summed E-state index contributed by atoms with van der Waals surface area (Å²) >= 11 is 0. The first-order chi connectivity index (χ1) is 9.11. The summed E-state index contributed by atoms with van der Waals surface area (Å²) in [6, 6.07) is 0.996. The standard InChI is InChI=1S/C15H26N4/c1-11(2)18-6-5-12(8-18)7-14-10-19-9-13(16)3-4-15(19)17-14/h10-13H,3-9,16H2,1-2H3. The van der Waals surface area contributed by atoms with Crippen molar-refractivity contribution in [2.45, 2.75) is 58.2 Å². The highest BCUT2D eigenvalue weighted by Crippen LogP contribution is 2.23. The second kappa shape index (κ2) is 5.25. The Kier molecular flexibility index (Phi) is 3.63. The Hall–Kier alpha value is -0.870. The molecule has 2 N–H and O–H groups in total. The lowest BCUT2D eigenvalue weighted by atomic mass is 10.0. The van der Waals surface area contributed by atoms with Gasteiger partial charge in [-0.3, -0.25) is 0 Å². The number of aryl methyl sites for hydroxylation is 1. The van der Waals surface area contributed by atoms with Gasteiger partial charge in [-0.05, 0) is 45.6 Å². The van der Waals surface area contributed by atoms with Gasteiger partial charge in [-0.1, -0.05) is 0 Å². The number of rotatable bonds is 3. The number of imidazole rings is 1. The first-order valence-corrected chi connectivity index (χ1v) is 7.66. The molecule has 4 nitrogen and oxygen atoms in total. The smallest absolute Gasteiger partial charge is 0.109 e. The van der Waals surface area contributed by atoms with Gasteiger partial charge in [0.15, 0.2) is 0 Å². The summed E-state index contributed by atoms with van der Waals surface area (Å²) in [6.45, 7) is 8.02. The highest BCUT2D eigenvalue weighted by atomic mass is 15.2. The molecule has 0 radical (unpaired) electrons. The highest BCUT2D eigenvalue weighted by Gasteiger charge is 2.26. The number of likely N-dealkylation sites (tertiary alicyclic amines) is 1. The van der Waals surface area contributed by atoms with Crippen molar-refractivity contribution in [1.82, 2.24) is 14.5 Å². The van der Waals surface area contributed by atoms with Gasteiger partial charge in [0.1, 0.15) is 5.82 Å². The first kappa shape index (κ1) is 13.1. The second-order valence-corrected chi connectivity index (χ2v) is 6.55. The van der Waals surface area contributed by atoms with Crippen LogP contribution < -0.4 is 5.73 Å². The lowest BCUT2D eigenvalue weighted by molar-refractivity contribution is 0.265. The van der Waals surface area contributed by atoms with E-state index in [2.05, 4.69) is 29.5 Å². The molecule has 2 atom stereocenters. The van der Waals surface area contributed by atoms with Gasteiger partial charge >= 0.3 is 0 Å². The molecule has 1 aromatic rings. The van der Waals surface area contributed by atoms with E-state index in [0.29, 0.717) is 12.1 Å². The van der Waals surface area contributed by atoms with Crippen molar-refractivity contribution in [3.8, 4) is 0 Å². The van der Waals surface area contributed by atoms with E-state index in [4.69, 9.17) is 10.7 Å². The summed E-state index contributed by atoms with van der Waals surface area (Å²) in [7, 11) is 0. The third-order valence-electron chi connectivity index (χ3n) is 4.62. The maximum Gasteiger partial charge on any atom is 0.109 e. The molecule has 1 fully saturated rings. The molecule has 0 spiro atoms.